The lowest BCUT2D eigenvalue weighted by Crippen LogP contribution is -2.48. The van der Waals surface area contributed by atoms with Crippen molar-refractivity contribution in [2.75, 3.05) is 51.9 Å². The van der Waals surface area contributed by atoms with Crippen LogP contribution in [0.2, 0.25) is 0 Å². The highest BCUT2D eigenvalue weighted by molar-refractivity contribution is 9.10. The number of morpholine rings is 1. The molecule has 0 radical (unpaired) electrons. The Bertz CT molecular complexity index is 2950. The third-order valence-corrected chi connectivity index (χ3v) is 14.4. The minimum Gasteiger partial charge on any atom is -0.478 e. The zero-order valence-corrected chi connectivity index (χ0v) is 38.9. The van der Waals surface area contributed by atoms with E-state index in [9.17, 15) is 36.6 Å². The molecule has 0 amide bonds. The number of sulfone groups is 2. The van der Waals surface area contributed by atoms with Crippen molar-refractivity contribution in [1.29, 1.82) is 0 Å². The Morgan fingerprint density at radius 1 is 0.694 bits per heavy atom. The third kappa shape index (κ3) is 10.1. The van der Waals surface area contributed by atoms with E-state index >= 15 is 0 Å². The molecule has 2 saturated heterocycles. The molecule has 2 N–H and O–H groups in total. The van der Waals surface area contributed by atoms with Gasteiger partial charge in [-0.05, 0) is 99.1 Å². The highest BCUT2D eigenvalue weighted by Gasteiger charge is 2.29. The molecule has 2 aliphatic heterocycles. The number of rotatable bonds is 9. The molecule has 17 heteroatoms. The number of nitrogens with zero attached hydrogens (tertiary/aromatic N) is 4. The summed E-state index contributed by atoms with van der Waals surface area (Å²) in [5, 5.41) is 20.8. The van der Waals surface area contributed by atoms with Crippen molar-refractivity contribution in [2.45, 2.75) is 42.1 Å². The van der Waals surface area contributed by atoms with Gasteiger partial charge in [0.05, 0.1) is 56.6 Å². The highest BCUT2D eigenvalue weighted by Crippen LogP contribution is 2.35. The van der Waals surface area contributed by atoms with Crippen molar-refractivity contribution in [3.8, 4) is 22.5 Å². The number of hydrogen-bond donors (Lipinski definition) is 2. The van der Waals surface area contributed by atoms with Gasteiger partial charge in [-0.15, -0.1) is 0 Å². The van der Waals surface area contributed by atoms with Gasteiger partial charge < -0.3 is 14.9 Å². The predicted molar refractivity (Wildman–Crippen MR) is 245 cm³/mol. The van der Waals surface area contributed by atoms with Gasteiger partial charge in [-0.25, -0.2) is 36.4 Å². The van der Waals surface area contributed by atoms with Crippen LogP contribution in [-0.2, 0) is 31.0 Å². The first-order chi connectivity index (χ1) is 29.4. The fourth-order valence-corrected chi connectivity index (χ4v) is 10.2. The number of carboxylic acid groups (broad SMARTS) is 2. The number of piperidine rings is 1. The minimum atomic E-state index is -3.51. The first-order valence-electron chi connectivity index (χ1n) is 19.7. The lowest BCUT2D eigenvalue weighted by atomic mass is 9.95. The first-order valence-corrected chi connectivity index (χ1v) is 25.1. The lowest BCUT2D eigenvalue weighted by molar-refractivity contribution is 0.000216. The van der Waals surface area contributed by atoms with Gasteiger partial charge in [0.15, 0.2) is 19.7 Å². The summed E-state index contributed by atoms with van der Waals surface area (Å²) >= 11 is 6.92. The average Bonchev–Trinajstić information content (AvgIpc) is 3.22. The smallest absolute Gasteiger partial charge is 0.336 e. The van der Waals surface area contributed by atoms with Crippen LogP contribution in [0.15, 0.2) is 104 Å². The molecule has 0 saturated carbocycles. The number of aromatic nitrogens is 2. The monoisotopic (exact) mass is 1010 g/mol. The van der Waals surface area contributed by atoms with Gasteiger partial charge in [0.25, 0.3) is 0 Å². The molecule has 0 spiro atoms. The number of aromatic carboxylic acids is 2. The molecule has 0 bridgehead atoms. The topological polar surface area (TPSA) is 184 Å². The molecule has 0 aliphatic carbocycles. The van der Waals surface area contributed by atoms with E-state index in [1.54, 1.807) is 19.1 Å². The number of likely N-dealkylation sites (tertiary alicyclic amines) is 1. The molecule has 8 rings (SSSR count). The van der Waals surface area contributed by atoms with Crippen LogP contribution in [0.1, 0.15) is 44.7 Å². The molecule has 0 atom stereocenters. The molecular weight excluding hydrogens is 964 g/mol. The van der Waals surface area contributed by atoms with Crippen LogP contribution < -0.4 is 0 Å². The molecule has 324 valence electrons. The van der Waals surface area contributed by atoms with Crippen molar-refractivity contribution in [1.82, 2.24) is 19.8 Å². The third-order valence-electron chi connectivity index (χ3n) is 11.2. The van der Waals surface area contributed by atoms with Gasteiger partial charge in [0.1, 0.15) is 0 Å². The average molecular weight is 1010 g/mol. The first kappa shape index (κ1) is 45.4. The fourth-order valence-electron chi connectivity index (χ4n) is 8.15. The second-order valence-electron chi connectivity index (χ2n) is 15.5. The maximum absolute atomic E-state index is 12.7. The standard InChI is InChI=1S/C27H30BrN3O5S.C18H14BrNO4S/c1-37(34,35)21-5-6-24-22(16-21)25(27(32)33)23(26(29-24)18-3-2-4-19(28)15-18)17-30-9-7-20(8-10-30)31-11-13-36-14-12-31;1-10-16(18(21)22)14-9-13(25(2,23)24)6-7-15(14)20-17(10)11-4-3-5-12(19)8-11/h2-6,15-16,20H,7-14,17H2,1H3,(H,32,33);3-9H,1-2H3,(H,21,22). The Hall–Kier alpha value is -4.62. The van der Waals surface area contributed by atoms with Crippen molar-refractivity contribution in [3.05, 3.63) is 116 Å². The van der Waals surface area contributed by atoms with Gasteiger partial charge in [-0.2, -0.15) is 0 Å². The Kier molecular flexibility index (Phi) is 13.6. The van der Waals surface area contributed by atoms with Crippen molar-refractivity contribution in [3.63, 3.8) is 0 Å². The number of fused-ring (bicyclic) bond motifs is 2. The van der Waals surface area contributed by atoms with E-state index in [0.717, 1.165) is 84.8 Å². The van der Waals surface area contributed by atoms with Gasteiger partial charge in [0.2, 0.25) is 0 Å². The van der Waals surface area contributed by atoms with E-state index in [0.29, 0.717) is 56.9 Å². The lowest BCUT2D eigenvalue weighted by Gasteiger charge is -2.40. The van der Waals surface area contributed by atoms with Crippen LogP contribution >= 0.6 is 31.9 Å². The van der Waals surface area contributed by atoms with Crippen LogP contribution in [-0.4, -0.2) is 117 Å². The molecular formula is C45H44Br2N4O9S2. The van der Waals surface area contributed by atoms with E-state index in [4.69, 9.17) is 9.72 Å². The maximum atomic E-state index is 12.7. The summed E-state index contributed by atoms with van der Waals surface area (Å²) in [6.45, 7) is 7.26. The van der Waals surface area contributed by atoms with E-state index in [1.807, 2.05) is 48.5 Å². The summed E-state index contributed by atoms with van der Waals surface area (Å²) < 4.78 is 55.3. The fraction of sp³-hybridized carbons (Fsp3) is 0.289. The van der Waals surface area contributed by atoms with Crippen molar-refractivity contribution < 1.29 is 41.4 Å². The summed E-state index contributed by atoms with van der Waals surface area (Å²) in [5.41, 5.74) is 4.91. The number of benzene rings is 4. The zero-order chi connectivity index (χ0) is 44.5. The van der Waals surface area contributed by atoms with Crippen molar-refractivity contribution in [2.24, 2.45) is 0 Å². The summed E-state index contributed by atoms with van der Waals surface area (Å²) in [4.78, 5) is 39.0. The molecule has 13 nitrogen and oxygen atoms in total. The van der Waals surface area contributed by atoms with Gasteiger partial charge >= 0.3 is 11.9 Å². The number of halogens is 2. The number of hydrogen-bond acceptors (Lipinski definition) is 11. The largest absolute Gasteiger partial charge is 0.478 e. The van der Waals surface area contributed by atoms with Crippen LogP contribution in [0.3, 0.4) is 0 Å². The molecule has 2 aromatic heterocycles. The number of ether oxygens (including phenoxy) is 1. The quantitative estimate of drug-likeness (QED) is 0.142. The van der Waals surface area contributed by atoms with E-state index in [-0.39, 0.29) is 20.9 Å². The van der Waals surface area contributed by atoms with Crippen LogP contribution in [0.4, 0.5) is 0 Å². The van der Waals surface area contributed by atoms with Gasteiger partial charge in [-0.1, -0.05) is 56.1 Å². The van der Waals surface area contributed by atoms with Gasteiger partial charge in [-0.3, -0.25) is 9.80 Å². The molecule has 2 fully saturated rings. The Balaban J connectivity index is 0.000000201. The summed E-state index contributed by atoms with van der Waals surface area (Å²) in [6.07, 6.45) is 4.23. The SMILES string of the molecule is CS(=O)(=O)c1ccc2nc(-c3cccc(Br)c3)c(CN3CCC(N4CCOCC4)CC3)c(C(=O)O)c2c1.Cc1c(-c2cccc(Br)c2)nc2ccc(S(C)(=O)=O)cc2c1C(=O)O. The summed E-state index contributed by atoms with van der Waals surface area (Å²) in [7, 11) is -6.96. The molecule has 0 unspecified atom stereocenters. The zero-order valence-electron chi connectivity index (χ0n) is 34.1. The number of carboxylic acids is 2. The Morgan fingerprint density at radius 3 is 1.66 bits per heavy atom. The molecule has 2 aliphatic rings. The highest BCUT2D eigenvalue weighted by atomic mass is 79.9. The maximum Gasteiger partial charge on any atom is 0.336 e. The van der Waals surface area contributed by atoms with Gasteiger partial charge in [0, 0.05) is 74.6 Å². The second kappa shape index (κ2) is 18.6. The van der Waals surface area contributed by atoms with E-state index in [1.165, 1.54) is 24.3 Å². The number of carbonyl (C=O) groups is 2. The van der Waals surface area contributed by atoms with E-state index in [2.05, 4.69) is 46.6 Å². The molecule has 4 aromatic carbocycles. The summed E-state index contributed by atoms with van der Waals surface area (Å²) in [5.74, 6) is -2.21. The van der Waals surface area contributed by atoms with Crippen LogP contribution in [0, 0.1) is 6.92 Å². The molecule has 4 heterocycles. The normalized spacial score (nSPS) is 15.6. The minimum absolute atomic E-state index is 0.0606. The Labute approximate surface area is 376 Å². The molecule has 62 heavy (non-hydrogen) atoms. The van der Waals surface area contributed by atoms with Crippen LogP contribution in [0.25, 0.3) is 44.3 Å². The van der Waals surface area contributed by atoms with E-state index < -0.39 is 31.6 Å². The van der Waals surface area contributed by atoms with Crippen molar-refractivity contribution >= 4 is 85.3 Å². The second-order valence-corrected chi connectivity index (χ2v) is 21.3. The number of pyridine rings is 2. The summed E-state index contributed by atoms with van der Waals surface area (Å²) in [6, 6.07) is 24.5. The molecule has 6 aromatic rings. The van der Waals surface area contributed by atoms with Crippen LogP contribution in [0.5, 0.6) is 0 Å². The predicted octanol–water partition coefficient (Wildman–Crippen LogP) is 8.14. The Morgan fingerprint density at radius 2 is 1.18 bits per heavy atom.